The summed E-state index contributed by atoms with van der Waals surface area (Å²) in [5.74, 6) is -1.24. The van der Waals surface area contributed by atoms with Gasteiger partial charge in [0.05, 0.1) is 11.9 Å². The second-order valence-corrected chi connectivity index (χ2v) is 9.36. The fourth-order valence-electron chi connectivity index (χ4n) is 3.43. The highest BCUT2D eigenvalue weighted by atomic mass is 32.2. The molecule has 9 nitrogen and oxygen atoms in total. The third-order valence-electron chi connectivity index (χ3n) is 4.91. The van der Waals surface area contributed by atoms with Gasteiger partial charge in [-0.1, -0.05) is 42.0 Å². The minimum absolute atomic E-state index is 0.00309. The smallest absolute Gasteiger partial charge is 0.356 e. The van der Waals surface area contributed by atoms with Crippen LogP contribution in [0.2, 0.25) is 0 Å². The highest BCUT2D eigenvalue weighted by Gasteiger charge is 2.26. The van der Waals surface area contributed by atoms with E-state index >= 15 is 0 Å². The highest BCUT2D eigenvalue weighted by Crippen LogP contribution is 2.36. The number of Topliss-reactive ketones (excluding diaryl/α,β-unsaturated/α-hetero) is 1. The summed E-state index contributed by atoms with van der Waals surface area (Å²) in [6.07, 6.45) is 8.30. The molecule has 0 aromatic carbocycles. The predicted molar refractivity (Wildman–Crippen MR) is 121 cm³/mol. The molecule has 0 radical (unpaired) electrons. The van der Waals surface area contributed by atoms with E-state index < -0.39 is 12.0 Å². The second-order valence-electron chi connectivity index (χ2n) is 7.08. The average molecular weight is 470 g/mol. The number of amides is 2. The van der Waals surface area contributed by atoms with E-state index in [1.807, 2.05) is 0 Å². The Morgan fingerprint density at radius 2 is 1.91 bits per heavy atom. The Balaban J connectivity index is 1.48. The zero-order valence-corrected chi connectivity index (χ0v) is 18.4. The normalized spacial score (nSPS) is 13.6. The monoisotopic (exact) mass is 469 g/mol. The molecule has 0 unspecified atom stereocenters. The number of thiazole rings is 1. The minimum Gasteiger partial charge on any atom is -0.476 e. The van der Waals surface area contributed by atoms with Gasteiger partial charge in [-0.05, 0) is 31.0 Å². The van der Waals surface area contributed by atoms with Gasteiger partial charge in [0.15, 0.2) is 16.6 Å². The Kier molecular flexibility index (Phi) is 6.76. The number of carbonyl (C=O) groups excluding carboxylic acids is 2. The van der Waals surface area contributed by atoms with Crippen LogP contribution in [0, 0.1) is 5.92 Å². The molecule has 3 N–H and O–H groups in total. The molecular weight excluding hydrogens is 450 g/mol. The largest absolute Gasteiger partial charge is 0.476 e. The van der Waals surface area contributed by atoms with E-state index in [0.29, 0.717) is 20.5 Å². The van der Waals surface area contributed by atoms with Crippen molar-refractivity contribution in [1.29, 1.82) is 0 Å². The quantitative estimate of drug-likeness (QED) is 0.420. The number of aromatic carboxylic acids is 1. The summed E-state index contributed by atoms with van der Waals surface area (Å²) >= 11 is 2.18. The summed E-state index contributed by atoms with van der Waals surface area (Å²) in [6.45, 7) is 0. The van der Waals surface area contributed by atoms with Gasteiger partial charge in [0.2, 0.25) is 0 Å². The van der Waals surface area contributed by atoms with E-state index in [9.17, 15) is 19.5 Å². The Morgan fingerprint density at radius 3 is 2.62 bits per heavy atom. The van der Waals surface area contributed by atoms with Crippen LogP contribution >= 0.6 is 23.1 Å². The molecule has 4 rings (SSSR count). The second kappa shape index (κ2) is 9.88. The molecule has 32 heavy (non-hydrogen) atoms. The van der Waals surface area contributed by atoms with Crippen LogP contribution in [0.15, 0.2) is 52.1 Å². The molecule has 164 valence electrons. The van der Waals surface area contributed by atoms with Gasteiger partial charge in [-0.3, -0.25) is 15.1 Å². The first-order valence-electron chi connectivity index (χ1n) is 9.90. The highest BCUT2D eigenvalue weighted by molar-refractivity contribution is 8.01. The van der Waals surface area contributed by atoms with Crippen LogP contribution in [0.25, 0.3) is 0 Å². The minimum atomic E-state index is -1.20. The molecule has 3 heterocycles. The van der Waals surface area contributed by atoms with Crippen LogP contribution < -0.4 is 10.6 Å². The number of ketones is 1. The number of hydrogen-bond acceptors (Lipinski definition) is 8. The maximum absolute atomic E-state index is 12.8. The van der Waals surface area contributed by atoms with E-state index in [2.05, 4.69) is 25.6 Å². The number of nitrogens with zero attached hydrogens (tertiary/aromatic N) is 3. The standard InChI is InChI=1S/C21H19N5O4S2/c27-17(12-5-1-2-6-12)13-8-10-22-11-14(13)24-20(30)26-21-25-16(18(28)29)19(32-21)31-15-7-3-4-9-23-15/h3-4,7-12H,1-2,5-6H2,(H,28,29)(H2,24,25,26,30). The number of anilines is 2. The molecule has 1 fully saturated rings. The molecule has 2 amide bonds. The van der Waals surface area contributed by atoms with Gasteiger partial charge in [0, 0.05) is 23.9 Å². The van der Waals surface area contributed by atoms with Crippen LogP contribution in [0.5, 0.6) is 0 Å². The summed E-state index contributed by atoms with van der Waals surface area (Å²) in [5.41, 5.74) is 0.554. The molecular formula is C21H19N5O4S2. The molecule has 0 bridgehead atoms. The number of carboxylic acids is 1. The number of pyridine rings is 2. The zero-order valence-electron chi connectivity index (χ0n) is 16.8. The van der Waals surface area contributed by atoms with Gasteiger partial charge in [0.25, 0.3) is 0 Å². The zero-order chi connectivity index (χ0) is 22.5. The number of aromatic nitrogens is 3. The lowest BCUT2D eigenvalue weighted by Gasteiger charge is -2.13. The molecule has 1 aliphatic carbocycles. The van der Waals surface area contributed by atoms with Crippen LogP contribution in [-0.2, 0) is 0 Å². The summed E-state index contributed by atoms with van der Waals surface area (Å²) in [5, 5.41) is 15.4. The van der Waals surface area contributed by atoms with Crippen molar-refractivity contribution in [1.82, 2.24) is 15.0 Å². The molecule has 1 aliphatic rings. The fraction of sp³-hybridized carbons (Fsp3) is 0.238. The molecule has 0 atom stereocenters. The number of hydrogen-bond donors (Lipinski definition) is 3. The lowest BCUT2D eigenvalue weighted by atomic mass is 9.96. The molecule has 3 aromatic rings. The summed E-state index contributed by atoms with van der Waals surface area (Å²) in [4.78, 5) is 49.2. The predicted octanol–water partition coefficient (Wildman–Crippen LogP) is 4.80. The first-order chi connectivity index (χ1) is 15.5. The number of rotatable bonds is 7. The van der Waals surface area contributed by atoms with Gasteiger partial charge < -0.3 is 10.4 Å². The SMILES string of the molecule is O=C(Nc1nc(C(=O)O)c(Sc2ccccn2)s1)Nc1cnccc1C(=O)C1CCCC1. The van der Waals surface area contributed by atoms with Crippen LogP contribution in [0.3, 0.4) is 0 Å². The Bertz CT molecular complexity index is 1150. The maximum atomic E-state index is 12.8. The van der Waals surface area contributed by atoms with Crippen LogP contribution in [0.4, 0.5) is 15.6 Å². The first kappa shape index (κ1) is 21.9. The van der Waals surface area contributed by atoms with Gasteiger partial charge in [-0.15, -0.1) is 0 Å². The van der Waals surface area contributed by atoms with E-state index in [1.54, 1.807) is 30.5 Å². The molecule has 0 aliphatic heterocycles. The lowest BCUT2D eigenvalue weighted by Crippen LogP contribution is -2.22. The Morgan fingerprint density at radius 1 is 1.09 bits per heavy atom. The van der Waals surface area contributed by atoms with Crippen molar-refractivity contribution in [3.05, 3.63) is 54.1 Å². The van der Waals surface area contributed by atoms with E-state index in [1.165, 1.54) is 12.4 Å². The van der Waals surface area contributed by atoms with Crippen LogP contribution in [-0.4, -0.2) is 37.8 Å². The average Bonchev–Trinajstić information content (AvgIpc) is 3.45. The lowest BCUT2D eigenvalue weighted by molar-refractivity contribution is 0.0687. The molecule has 1 saturated carbocycles. The summed E-state index contributed by atoms with van der Waals surface area (Å²) < 4.78 is 0.393. The van der Waals surface area contributed by atoms with E-state index in [-0.39, 0.29) is 22.5 Å². The maximum Gasteiger partial charge on any atom is 0.356 e. The van der Waals surface area contributed by atoms with Crippen molar-refractivity contribution in [2.75, 3.05) is 10.6 Å². The Labute approximate surface area is 191 Å². The molecule has 0 saturated heterocycles. The van der Waals surface area contributed by atoms with Crippen molar-refractivity contribution >= 4 is 51.7 Å². The van der Waals surface area contributed by atoms with E-state index in [4.69, 9.17) is 0 Å². The van der Waals surface area contributed by atoms with Crippen molar-refractivity contribution < 1.29 is 19.5 Å². The van der Waals surface area contributed by atoms with Crippen molar-refractivity contribution in [3.63, 3.8) is 0 Å². The summed E-state index contributed by atoms with van der Waals surface area (Å²) in [6, 6.07) is 6.27. The number of nitrogens with one attached hydrogen (secondary N) is 2. The first-order valence-corrected chi connectivity index (χ1v) is 11.5. The van der Waals surface area contributed by atoms with Gasteiger partial charge >= 0.3 is 12.0 Å². The van der Waals surface area contributed by atoms with Crippen molar-refractivity contribution in [3.8, 4) is 0 Å². The number of carbonyl (C=O) groups is 3. The third kappa shape index (κ3) is 5.11. The van der Waals surface area contributed by atoms with Gasteiger partial charge in [-0.25, -0.2) is 19.6 Å². The molecule has 11 heteroatoms. The fourth-order valence-corrected chi connectivity index (χ4v) is 5.46. The molecule has 0 spiro atoms. The van der Waals surface area contributed by atoms with E-state index in [0.717, 1.165) is 48.8 Å². The number of urea groups is 1. The number of carboxylic acid groups (broad SMARTS) is 1. The topological polar surface area (TPSA) is 134 Å². The van der Waals surface area contributed by atoms with Gasteiger partial charge in [-0.2, -0.15) is 0 Å². The van der Waals surface area contributed by atoms with Crippen LogP contribution in [0.1, 0.15) is 46.5 Å². The van der Waals surface area contributed by atoms with Crippen molar-refractivity contribution in [2.24, 2.45) is 5.92 Å². The molecule has 3 aromatic heterocycles. The van der Waals surface area contributed by atoms with Gasteiger partial charge in [0.1, 0.15) is 9.24 Å². The Hall–Kier alpha value is -3.31. The van der Waals surface area contributed by atoms with Crippen molar-refractivity contribution in [2.45, 2.75) is 34.9 Å². The third-order valence-corrected chi connectivity index (χ3v) is 7.01. The summed E-state index contributed by atoms with van der Waals surface area (Å²) in [7, 11) is 0.